The molecule has 0 saturated carbocycles. The van der Waals surface area contributed by atoms with Crippen LogP contribution in [0.4, 0.5) is 0 Å². The molecule has 1 aromatic carbocycles. The number of aromatic amines is 1. The van der Waals surface area contributed by atoms with Gasteiger partial charge in [0, 0.05) is 33.0 Å². The van der Waals surface area contributed by atoms with Gasteiger partial charge in [0.05, 0.1) is 0 Å². The fourth-order valence-corrected chi connectivity index (χ4v) is 3.82. The number of nitrogens with two attached hydrogens (primary N) is 2. The standard InChI is InChI=1S/C16H22BrN3/c17-10-5-6-15-13(9-10)11-3-1-2-4-12(16(11)20-15)14(19)7-8-18/h5-6,9,12,14,20H,1-4,7-8,18-19H2. The van der Waals surface area contributed by atoms with Gasteiger partial charge in [-0.3, -0.25) is 0 Å². The molecule has 3 nitrogen and oxygen atoms in total. The van der Waals surface area contributed by atoms with E-state index in [0.717, 1.165) is 17.3 Å². The number of hydrogen-bond donors (Lipinski definition) is 3. The molecule has 1 aliphatic carbocycles. The maximum atomic E-state index is 6.39. The number of aromatic nitrogens is 1. The monoisotopic (exact) mass is 335 g/mol. The normalized spacial score (nSPS) is 20.6. The zero-order valence-corrected chi connectivity index (χ0v) is 13.2. The molecule has 2 unspecified atom stereocenters. The van der Waals surface area contributed by atoms with E-state index in [1.165, 1.54) is 41.4 Å². The Balaban J connectivity index is 2.09. The molecule has 0 amide bonds. The van der Waals surface area contributed by atoms with Gasteiger partial charge in [-0.2, -0.15) is 0 Å². The lowest BCUT2D eigenvalue weighted by atomic mass is 9.89. The van der Waals surface area contributed by atoms with Crippen molar-refractivity contribution in [1.29, 1.82) is 0 Å². The van der Waals surface area contributed by atoms with Crippen LogP contribution in [0.1, 0.15) is 42.9 Å². The van der Waals surface area contributed by atoms with E-state index in [-0.39, 0.29) is 6.04 Å². The van der Waals surface area contributed by atoms with Gasteiger partial charge in [0.25, 0.3) is 0 Å². The minimum atomic E-state index is 0.161. The highest BCUT2D eigenvalue weighted by atomic mass is 79.9. The summed E-state index contributed by atoms with van der Waals surface area (Å²) in [6.45, 7) is 0.665. The Kier molecular flexibility index (Phi) is 4.15. The van der Waals surface area contributed by atoms with Crippen molar-refractivity contribution >= 4 is 26.8 Å². The van der Waals surface area contributed by atoms with E-state index in [1.54, 1.807) is 0 Å². The van der Waals surface area contributed by atoms with Gasteiger partial charge in [0.2, 0.25) is 0 Å². The quantitative estimate of drug-likeness (QED) is 0.752. The van der Waals surface area contributed by atoms with Crippen molar-refractivity contribution in [2.75, 3.05) is 6.54 Å². The third-order valence-electron chi connectivity index (χ3n) is 4.48. The lowest BCUT2D eigenvalue weighted by molar-refractivity contribution is 0.464. The molecule has 4 heteroatoms. The fraction of sp³-hybridized carbons (Fsp3) is 0.500. The second-order valence-corrected chi connectivity index (χ2v) is 6.72. The first-order valence-electron chi connectivity index (χ1n) is 7.46. The maximum absolute atomic E-state index is 6.39. The topological polar surface area (TPSA) is 67.8 Å². The average molecular weight is 336 g/mol. The molecule has 0 bridgehead atoms. The third-order valence-corrected chi connectivity index (χ3v) is 4.97. The van der Waals surface area contributed by atoms with Crippen molar-refractivity contribution in [3.05, 3.63) is 33.9 Å². The zero-order valence-electron chi connectivity index (χ0n) is 11.7. The van der Waals surface area contributed by atoms with Crippen LogP contribution in [0.3, 0.4) is 0 Å². The number of rotatable bonds is 3. The van der Waals surface area contributed by atoms with Gasteiger partial charge in [0.15, 0.2) is 0 Å². The maximum Gasteiger partial charge on any atom is 0.0459 e. The molecule has 2 atom stereocenters. The van der Waals surface area contributed by atoms with Crippen LogP contribution in [0.15, 0.2) is 22.7 Å². The third kappa shape index (κ3) is 2.52. The summed E-state index contributed by atoms with van der Waals surface area (Å²) in [5.74, 6) is 0.419. The molecule has 0 radical (unpaired) electrons. The Morgan fingerprint density at radius 1 is 1.35 bits per heavy atom. The van der Waals surface area contributed by atoms with Crippen molar-refractivity contribution in [2.24, 2.45) is 11.5 Å². The lowest BCUT2D eigenvalue weighted by Crippen LogP contribution is -2.31. The molecule has 1 heterocycles. The summed E-state index contributed by atoms with van der Waals surface area (Å²) in [5.41, 5.74) is 16.1. The molecule has 108 valence electrons. The number of hydrogen-bond acceptors (Lipinski definition) is 2. The number of nitrogens with one attached hydrogen (secondary N) is 1. The smallest absolute Gasteiger partial charge is 0.0459 e. The molecule has 2 aromatic rings. The summed E-state index contributed by atoms with van der Waals surface area (Å²) in [7, 11) is 0. The molecule has 0 spiro atoms. The largest absolute Gasteiger partial charge is 0.358 e. The second kappa shape index (κ2) is 5.88. The number of benzene rings is 1. The predicted octanol–water partition coefficient (Wildman–Crippen LogP) is 3.42. The summed E-state index contributed by atoms with van der Waals surface area (Å²) >= 11 is 3.58. The van der Waals surface area contributed by atoms with Crippen LogP contribution >= 0.6 is 15.9 Å². The van der Waals surface area contributed by atoms with Crippen molar-refractivity contribution in [2.45, 2.75) is 44.1 Å². The van der Waals surface area contributed by atoms with Crippen LogP contribution in [0, 0.1) is 0 Å². The Labute approximate surface area is 128 Å². The Morgan fingerprint density at radius 3 is 3.00 bits per heavy atom. The summed E-state index contributed by atoms with van der Waals surface area (Å²) in [6, 6.07) is 6.63. The molecule has 1 aliphatic rings. The minimum absolute atomic E-state index is 0.161. The highest BCUT2D eigenvalue weighted by molar-refractivity contribution is 9.10. The van der Waals surface area contributed by atoms with Crippen molar-refractivity contribution in [3.63, 3.8) is 0 Å². The zero-order chi connectivity index (χ0) is 14.1. The van der Waals surface area contributed by atoms with Gasteiger partial charge in [0.1, 0.15) is 0 Å². The molecule has 1 aromatic heterocycles. The first kappa shape index (κ1) is 14.1. The van der Waals surface area contributed by atoms with Crippen molar-refractivity contribution < 1.29 is 0 Å². The molecular formula is C16H22BrN3. The molecular weight excluding hydrogens is 314 g/mol. The summed E-state index contributed by atoms with van der Waals surface area (Å²) in [6.07, 6.45) is 5.71. The molecule has 0 aliphatic heterocycles. The van der Waals surface area contributed by atoms with Crippen LogP contribution in [0.5, 0.6) is 0 Å². The van der Waals surface area contributed by atoms with Gasteiger partial charge >= 0.3 is 0 Å². The number of aryl methyl sites for hydroxylation is 1. The van der Waals surface area contributed by atoms with Gasteiger partial charge in [-0.05, 0) is 56.0 Å². The fourth-order valence-electron chi connectivity index (χ4n) is 3.46. The van der Waals surface area contributed by atoms with E-state index < -0.39 is 0 Å². The number of H-pyrrole nitrogens is 1. The average Bonchev–Trinajstić information content (AvgIpc) is 2.64. The van der Waals surface area contributed by atoms with Gasteiger partial charge in [-0.15, -0.1) is 0 Å². The molecule has 0 fully saturated rings. The Morgan fingerprint density at radius 2 is 2.20 bits per heavy atom. The van der Waals surface area contributed by atoms with E-state index in [9.17, 15) is 0 Å². The van der Waals surface area contributed by atoms with E-state index in [2.05, 4.69) is 39.1 Å². The van der Waals surface area contributed by atoms with Crippen LogP contribution in [-0.2, 0) is 6.42 Å². The second-order valence-electron chi connectivity index (χ2n) is 5.80. The highest BCUT2D eigenvalue weighted by Crippen LogP contribution is 2.37. The Hall–Kier alpha value is -0.840. The van der Waals surface area contributed by atoms with E-state index in [4.69, 9.17) is 11.5 Å². The predicted molar refractivity (Wildman–Crippen MR) is 87.9 cm³/mol. The SMILES string of the molecule is NCCC(N)C1CCCCc2c1[nH]c1ccc(Br)cc21. The van der Waals surface area contributed by atoms with Gasteiger partial charge in [-0.25, -0.2) is 0 Å². The highest BCUT2D eigenvalue weighted by Gasteiger charge is 2.26. The van der Waals surface area contributed by atoms with Crippen LogP contribution < -0.4 is 11.5 Å². The van der Waals surface area contributed by atoms with Crippen LogP contribution in [0.2, 0.25) is 0 Å². The van der Waals surface area contributed by atoms with Gasteiger partial charge < -0.3 is 16.5 Å². The van der Waals surface area contributed by atoms with E-state index >= 15 is 0 Å². The first-order valence-corrected chi connectivity index (χ1v) is 8.25. The van der Waals surface area contributed by atoms with Gasteiger partial charge in [-0.1, -0.05) is 22.4 Å². The number of halogens is 1. The summed E-state index contributed by atoms with van der Waals surface area (Å²) in [4.78, 5) is 3.63. The number of fused-ring (bicyclic) bond motifs is 3. The molecule has 3 rings (SSSR count). The summed E-state index contributed by atoms with van der Waals surface area (Å²) < 4.78 is 1.14. The van der Waals surface area contributed by atoms with Crippen molar-refractivity contribution in [1.82, 2.24) is 4.98 Å². The van der Waals surface area contributed by atoms with Crippen LogP contribution in [-0.4, -0.2) is 17.6 Å². The Bertz CT molecular complexity index is 605. The molecule has 20 heavy (non-hydrogen) atoms. The lowest BCUT2D eigenvalue weighted by Gasteiger charge is -2.22. The minimum Gasteiger partial charge on any atom is -0.358 e. The molecule has 0 saturated heterocycles. The molecule has 5 N–H and O–H groups in total. The van der Waals surface area contributed by atoms with Crippen molar-refractivity contribution in [3.8, 4) is 0 Å². The summed E-state index contributed by atoms with van der Waals surface area (Å²) in [5, 5.41) is 1.35. The van der Waals surface area contributed by atoms with E-state index in [1.807, 2.05) is 0 Å². The van der Waals surface area contributed by atoms with Crippen LogP contribution in [0.25, 0.3) is 10.9 Å². The van der Waals surface area contributed by atoms with E-state index in [0.29, 0.717) is 12.5 Å². The first-order chi connectivity index (χ1) is 9.70.